The molecule has 0 aromatic heterocycles. The number of rotatable bonds is 7. The summed E-state index contributed by atoms with van der Waals surface area (Å²) in [6.45, 7) is 13.9. The van der Waals surface area contributed by atoms with Crippen molar-refractivity contribution in [1.82, 2.24) is 4.90 Å². The molecule has 1 saturated heterocycles. The molecule has 1 heterocycles. The van der Waals surface area contributed by atoms with Crippen LogP contribution in [0.5, 0.6) is 5.75 Å². The molecule has 1 aliphatic rings. The van der Waals surface area contributed by atoms with Crippen LogP contribution in [-0.2, 0) is 20.7 Å². The van der Waals surface area contributed by atoms with E-state index in [-0.39, 0.29) is 17.2 Å². The lowest BCUT2D eigenvalue weighted by Gasteiger charge is -2.56. The Morgan fingerprint density at radius 1 is 1.04 bits per heavy atom. The van der Waals surface area contributed by atoms with E-state index in [0.29, 0.717) is 6.42 Å². The number of esters is 1. The molecule has 0 radical (unpaired) electrons. The summed E-state index contributed by atoms with van der Waals surface area (Å²) < 4.78 is 10.2. The summed E-state index contributed by atoms with van der Waals surface area (Å²) in [6, 6.07) is 7.71. The van der Waals surface area contributed by atoms with Crippen molar-refractivity contribution in [2.75, 3.05) is 14.2 Å². The molecule has 2 rings (SSSR count). The number of β-lactam (4-membered cyclic amide) rings is 1. The van der Waals surface area contributed by atoms with Crippen LogP contribution in [0.15, 0.2) is 24.3 Å². The van der Waals surface area contributed by atoms with Crippen LogP contribution in [0.2, 0.25) is 39.3 Å². The zero-order valence-electron chi connectivity index (χ0n) is 17.8. The fraction of sp³-hybridized carbons (Fsp3) is 0.600. The number of likely N-dealkylation sites (tertiary alicyclic amines) is 1. The number of nitrogens with zero attached hydrogens (tertiary/aromatic N) is 1. The highest BCUT2D eigenvalue weighted by molar-refractivity contribution is 6.96. The van der Waals surface area contributed by atoms with E-state index in [9.17, 15) is 9.59 Å². The number of carbonyl (C=O) groups excluding carboxylic acids is 2. The highest BCUT2D eigenvalue weighted by atomic mass is 28.4. The van der Waals surface area contributed by atoms with Crippen molar-refractivity contribution in [2.45, 2.75) is 57.0 Å². The van der Waals surface area contributed by atoms with E-state index in [4.69, 9.17) is 9.47 Å². The highest BCUT2D eigenvalue weighted by Gasteiger charge is 2.58. The predicted octanol–water partition coefficient (Wildman–Crippen LogP) is 3.36. The molecule has 1 fully saturated rings. The monoisotopic (exact) mass is 407 g/mol. The number of carbonyl (C=O) groups is 2. The van der Waals surface area contributed by atoms with E-state index in [1.807, 2.05) is 29.2 Å². The Kier molecular flexibility index (Phi) is 6.26. The van der Waals surface area contributed by atoms with E-state index in [2.05, 4.69) is 39.3 Å². The van der Waals surface area contributed by atoms with Crippen LogP contribution in [0, 0.1) is 5.92 Å². The first kappa shape index (κ1) is 21.7. The minimum absolute atomic E-state index is 0.0600. The van der Waals surface area contributed by atoms with Gasteiger partial charge in [0.15, 0.2) is 5.92 Å². The smallest absolute Gasteiger partial charge is 0.320 e. The first-order valence-electron chi connectivity index (χ1n) is 9.44. The van der Waals surface area contributed by atoms with E-state index < -0.39 is 28.0 Å². The van der Waals surface area contributed by atoms with Gasteiger partial charge in [-0.25, -0.2) is 0 Å². The summed E-state index contributed by atoms with van der Waals surface area (Å²) in [5.41, 5.74) is 1.09. The number of ether oxygens (including phenoxy) is 2. The largest absolute Gasteiger partial charge is 0.497 e. The van der Waals surface area contributed by atoms with Crippen molar-refractivity contribution >= 4 is 28.0 Å². The molecule has 7 heteroatoms. The van der Waals surface area contributed by atoms with Gasteiger partial charge in [-0.2, -0.15) is 0 Å². The third-order valence-corrected chi connectivity index (χ3v) is 14.3. The van der Waals surface area contributed by atoms with Crippen molar-refractivity contribution in [3.8, 4) is 5.75 Å². The van der Waals surface area contributed by atoms with Crippen LogP contribution in [0.1, 0.15) is 5.56 Å². The summed E-state index contributed by atoms with van der Waals surface area (Å²) in [6.07, 6.45) is 0.654. The van der Waals surface area contributed by atoms with Gasteiger partial charge in [0.05, 0.1) is 36.4 Å². The Morgan fingerprint density at radius 2 is 1.56 bits per heavy atom. The summed E-state index contributed by atoms with van der Waals surface area (Å²) >= 11 is 0. The predicted molar refractivity (Wildman–Crippen MR) is 113 cm³/mol. The van der Waals surface area contributed by atoms with Crippen LogP contribution >= 0.6 is 0 Å². The van der Waals surface area contributed by atoms with Crippen LogP contribution in [0.25, 0.3) is 0 Å². The number of hydrogen-bond acceptors (Lipinski definition) is 4. The SMILES string of the molecule is COC(=O)[C@H]1C(=O)N(C([Si](C)(C)C)[Si](C)(C)C)[C@@H]1Cc1ccc(OC)cc1. The van der Waals surface area contributed by atoms with Gasteiger partial charge in [-0.05, 0) is 24.1 Å². The number of amides is 1. The molecule has 5 nitrogen and oxygen atoms in total. The summed E-state index contributed by atoms with van der Waals surface area (Å²) in [7, 11) is -0.302. The Balaban J connectivity index is 2.39. The van der Waals surface area contributed by atoms with E-state index in [1.165, 1.54) is 7.11 Å². The van der Waals surface area contributed by atoms with Crippen molar-refractivity contribution < 1.29 is 19.1 Å². The average molecular weight is 408 g/mol. The third-order valence-electron chi connectivity index (χ3n) is 5.24. The van der Waals surface area contributed by atoms with E-state index in [0.717, 1.165) is 11.3 Å². The number of hydrogen-bond donors (Lipinski definition) is 0. The van der Waals surface area contributed by atoms with E-state index >= 15 is 0 Å². The number of methoxy groups -OCH3 is 2. The molecule has 150 valence electrons. The van der Waals surface area contributed by atoms with Crippen LogP contribution in [0.3, 0.4) is 0 Å². The molecule has 1 aromatic rings. The maximum Gasteiger partial charge on any atom is 0.320 e. The molecule has 1 aromatic carbocycles. The molecule has 2 atom stereocenters. The van der Waals surface area contributed by atoms with Gasteiger partial charge < -0.3 is 14.4 Å². The van der Waals surface area contributed by atoms with Crippen LogP contribution in [0.4, 0.5) is 0 Å². The second-order valence-electron chi connectivity index (χ2n) is 9.50. The van der Waals surface area contributed by atoms with Crippen LogP contribution < -0.4 is 4.74 Å². The normalized spacial score (nSPS) is 20.5. The maximum absolute atomic E-state index is 13.0. The Morgan fingerprint density at radius 3 is 1.96 bits per heavy atom. The lowest BCUT2D eigenvalue weighted by Crippen LogP contribution is -2.76. The standard InChI is InChI=1S/C20H33NO4Si2/c1-24-15-11-9-14(10-12-15)13-16-17(19(23)25-2)18(22)21(16)20(26(3,4)5)27(6,7)8/h9-12,16-17,20H,13H2,1-8H3/t16-,17-/m1/s1. The molecule has 0 unspecified atom stereocenters. The molecule has 0 N–H and O–H groups in total. The summed E-state index contributed by atoms with van der Waals surface area (Å²) in [5, 5.41) is 0.279. The van der Waals surface area contributed by atoms with Gasteiger partial charge in [0.1, 0.15) is 5.75 Å². The molecule has 0 spiro atoms. The molecule has 0 aliphatic carbocycles. The fourth-order valence-electron chi connectivity index (χ4n) is 4.62. The van der Waals surface area contributed by atoms with Gasteiger partial charge in [0.25, 0.3) is 0 Å². The quantitative estimate of drug-likeness (QED) is 0.301. The molecule has 27 heavy (non-hydrogen) atoms. The van der Waals surface area contributed by atoms with Crippen molar-refractivity contribution in [1.29, 1.82) is 0 Å². The van der Waals surface area contributed by atoms with E-state index in [1.54, 1.807) is 7.11 Å². The average Bonchev–Trinajstić information content (AvgIpc) is 2.57. The topological polar surface area (TPSA) is 55.8 Å². The minimum Gasteiger partial charge on any atom is -0.497 e. The second kappa shape index (κ2) is 7.79. The van der Waals surface area contributed by atoms with Gasteiger partial charge >= 0.3 is 5.97 Å². The van der Waals surface area contributed by atoms with Gasteiger partial charge in [-0.15, -0.1) is 0 Å². The van der Waals surface area contributed by atoms with Gasteiger partial charge in [-0.3, -0.25) is 9.59 Å². The Bertz CT molecular complexity index is 677. The summed E-state index contributed by atoms with van der Waals surface area (Å²) in [4.78, 5) is 27.4. The van der Waals surface area contributed by atoms with Crippen molar-refractivity contribution in [3.63, 3.8) is 0 Å². The lowest BCUT2D eigenvalue weighted by molar-refractivity contribution is -0.171. The molecule has 1 aliphatic heterocycles. The van der Waals surface area contributed by atoms with Gasteiger partial charge in [0, 0.05) is 5.29 Å². The molecular weight excluding hydrogens is 374 g/mol. The zero-order chi connectivity index (χ0) is 20.6. The fourth-order valence-corrected chi connectivity index (χ4v) is 17.3. The minimum atomic E-state index is -1.65. The maximum atomic E-state index is 13.0. The number of benzene rings is 1. The Labute approximate surface area is 165 Å². The third kappa shape index (κ3) is 4.46. The molecular formula is C20H33NO4Si2. The first-order valence-corrected chi connectivity index (χ1v) is 16.6. The Hall–Kier alpha value is -1.61. The molecule has 1 amide bonds. The zero-order valence-corrected chi connectivity index (χ0v) is 19.8. The van der Waals surface area contributed by atoms with Crippen molar-refractivity contribution in [2.24, 2.45) is 5.92 Å². The highest BCUT2D eigenvalue weighted by Crippen LogP contribution is 2.38. The lowest BCUT2D eigenvalue weighted by atomic mass is 9.83. The summed E-state index contributed by atoms with van der Waals surface area (Å²) in [5.74, 6) is -0.367. The van der Waals surface area contributed by atoms with Crippen LogP contribution in [-0.4, -0.2) is 58.5 Å². The molecule has 0 saturated carbocycles. The van der Waals surface area contributed by atoms with Crippen molar-refractivity contribution in [3.05, 3.63) is 29.8 Å². The molecule has 0 bridgehead atoms. The van der Waals surface area contributed by atoms with Gasteiger partial charge in [-0.1, -0.05) is 51.4 Å². The first-order chi connectivity index (χ1) is 12.4. The van der Waals surface area contributed by atoms with Gasteiger partial charge in [0.2, 0.25) is 5.91 Å². The second-order valence-corrected chi connectivity index (χ2v) is 20.6.